The second kappa shape index (κ2) is 7.13. The molecule has 0 aromatic heterocycles. The summed E-state index contributed by atoms with van der Waals surface area (Å²) in [6.45, 7) is 3.60. The fraction of sp³-hybridized carbons (Fsp3) is 0.600. The first-order valence-corrected chi connectivity index (χ1v) is 4.57. The van der Waals surface area contributed by atoms with E-state index < -0.39 is 8.25 Å². The van der Waals surface area contributed by atoms with Crippen LogP contribution in [0.1, 0.15) is 6.42 Å². The predicted octanol–water partition coefficient (Wildman–Crippen LogP) is 2.18. The van der Waals surface area contributed by atoms with Crippen LogP contribution >= 0.6 is 19.9 Å². The van der Waals surface area contributed by atoms with Crippen LogP contribution in [0.2, 0.25) is 0 Å². The second-order valence-corrected chi connectivity index (χ2v) is 2.83. The Hall–Kier alpha value is 0.0200. The summed E-state index contributed by atoms with van der Waals surface area (Å²) in [5.74, 6) is 0.503. The molecule has 0 spiro atoms. The van der Waals surface area contributed by atoms with Gasteiger partial charge >= 0.3 is 8.25 Å². The Kier molecular flexibility index (Phi) is 7.15. The highest BCUT2D eigenvalue weighted by Crippen LogP contribution is 2.23. The van der Waals surface area contributed by atoms with Crippen LogP contribution in [0.15, 0.2) is 12.8 Å². The molecule has 0 fully saturated rings. The maximum atomic E-state index is 10.5. The first-order chi connectivity index (χ1) is 4.81. The molecule has 0 aliphatic carbocycles. The number of alkyl halides is 1. The lowest BCUT2D eigenvalue weighted by molar-refractivity contribution is 0.273. The summed E-state index contributed by atoms with van der Waals surface area (Å²) < 4.78 is 19.7. The molecule has 0 aromatic rings. The van der Waals surface area contributed by atoms with Crippen molar-refractivity contribution < 1.29 is 13.6 Å². The first kappa shape index (κ1) is 10.0. The van der Waals surface area contributed by atoms with Crippen molar-refractivity contribution in [3.63, 3.8) is 0 Å². The van der Waals surface area contributed by atoms with Crippen molar-refractivity contribution in [1.82, 2.24) is 0 Å². The second-order valence-electron chi connectivity index (χ2n) is 1.43. The highest BCUT2D eigenvalue weighted by atomic mass is 35.5. The molecule has 3 nitrogen and oxygen atoms in total. The molecule has 0 N–H and O–H groups in total. The third-order valence-electron chi connectivity index (χ3n) is 0.677. The lowest BCUT2D eigenvalue weighted by Crippen LogP contribution is -1.86. The molecular weight excluding hydrogens is 174 g/mol. The van der Waals surface area contributed by atoms with Crippen LogP contribution in [0.3, 0.4) is 0 Å². The van der Waals surface area contributed by atoms with Gasteiger partial charge in [0.05, 0.1) is 12.9 Å². The molecule has 1 unspecified atom stereocenters. The molecule has 0 aliphatic heterocycles. The summed E-state index contributed by atoms with van der Waals surface area (Å²) in [6.07, 6.45) is 1.78. The van der Waals surface area contributed by atoms with Crippen molar-refractivity contribution in [3.05, 3.63) is 12.8 Å². The van der Waals surface area contributed by atoms with Gasteiger partial charge in [-0.3, -0.25) is 0 Å². The summed E-state index contributed by atoms with van der Waals surface area (Å²) in [5.41, 5.74) is 0. The van der Waals surface area contributed by atoms with Crippen molar-refractivity contribution in [3.8, 4) is 0 Å². The van der Waals surface area contributed by atoms with Gasteiger partial charge < -0.3 is 9.05 Å². The Morgan fingerprint density at radius 3 is 2.90 bits per heavy atom. The van der Waals surface area contributed by atoms with E-state index in [4.69, 9.17) is 16.1 Å². The minimum Gasteiger partial charge on any atom is -0.435 e. The molecule has 0 rings (SSSR count). The van der Waals surface area contributed by atoms with E-state index in [-0.39, 0.29) is 0 Å². The molecule has 0 bridgehead atoms. The van der Waals surface area contributed by atoms with Crippen LogP contribution < -0.4 is 0 Å². The van der Waals surface area contributed by atoms with E-state index in [2.05, 4.69) is 11.1 Å². The van der Waals surface area contributed by atoms with Crippen LogP contribution in [0.5, 0.6) is 0 Å². The summed E-state index contributed by atoms with van der Waals surface area (Å²) >= 11 is 5.33. The Labute approximate surface area is 65.9 Å². The molecule has 0 amide bonds. The zero-order valence-electron chi connectivity index (χ0n) is 5.51. The summed E-state index contributed by atoms with van der Waals surface area (Å²) in [4.78, 5) is 0. The van der Waals surface area contributed by atoms with Gasteiger partial charge in [0.15, 0.2) is 0 Å². The maximum Gasteiger partial charge on any atom is 0.367 e. The average molecular weight is 185 g/mol. The number of hydrogen-bond acceptors (Lipinski definition) is 3. The number of hydrogen-bond donors (Lipinski definition) is 0. The lowest BCUT2D eigenvalue weighted by Gasteiger charge is -1.99. The van der Waals surface area contributed by atoms with Crippen molar-refractivity contribution in [1.29, 1.82) is 0 Å². The average Bonchev–Trinajstić information content (AvgIpc) is 1.89. The van der Waals surface area contributed by atoms with Crippen molar-refractivity contribution in [2.75, 3.05) is 12.5 Å². The summed E-state index contributed by atoms with van der Waals surface area (Å²) in [7, 11) is -2.34. The molecule has 0 aromatic carbocycles. The van der Waals surface area contributed by atoms with Crippen LogP contribution in [0.4, 0.5) is 0 Å². The fourth-order valence-corrected chi connectivity index (χ4v) is 0.936. The van der Waals surface area contributed by atoms with Gasteiger partial charge in [-0.1, -0.05) is 6.58 Å². The third-order valence-corrected chi connectivity index (χ3v) is 1.74. The van der Waals surface area contributed by atoms with Crippen molar-refractivity contribution in [2.45, 2.75) is 6.42 Å². The van der Waals surface area contributed by atoms with Crippen LogP contribution in [-0.2, 0) is 13.6 Å². The minimum absolute atomic E-state index is 0.370. The lowest BCUT2D eigenvalue weighted by atomic mass is 10.5. The minimum atomic E-state index is -2.34. The van der Waals surface area contributed by atoms with Gasteiger partial charge in [-0.15, -0.1) is 11.6 Å². The van der Waals surface area contributed by atoms with Crippen LogP contribution in [0.25, 0.3) is 0 Å². The molecule has 60 valence electrons. The molecular formula is C5H10ClO3P. The smallest absolute Gasteiger partial charge is 0.367 e. The topological polar surface area (TPSA) is 35.5 Å². The van der Waals surface area contributed by atoms with E-state index in [9.17, 15) is 4.57 Å². The zero-order chi connectivity index (χ0) is 7.82. The molecule has 0 aliphatic rings. The molecule has 10 heavy (non-hydrogen) atoms. The Morgan fingerprint density at radius 2 is 2.40 bits per heavy atom. The normalized spacial score (nSPS) is 12.5. The molecule has 0 radical (unpaired) electrons. The van der Waals surface area contributed by atoms with Gasteiger partial charge in [-0.2, -0.15) is 0 Å². The predicted molar refractivity (Wildman–Crippen MR) is 41.6 cm³/mol. The maximum absolute atomic E-state index is 10.5. The molecule has 5 heteroatoms. The summed E-state index contributed by atoms with van der Waals surface area (Å²) in [6, 6.07) is 0. The van der Waals surface area contributed by atoms with Gasteiger partial charge in [0.25, 0.3) is 0 Å². The molecule has 0 heterocycles. The van der Waals surface area contributed by atoms with E-state index in [0.29, 0.717) is 18.9 Å². The molecule has 0 saturated heterocycles. The van der Waals surface area contributed by atoms with Crippen molar-refractivity contribution >= 4 is 19.9 Å². The van der Waals surface area contributed by atoms with Gasteiger partial charge in [-0.25, -0.2) is 4.57 Å². The van der Waals surface area contributed by atoms with Gasteiger partial charge in [0.1, 0.15) is 0 Å². The Bertz CT molecular complexity index is 117. The van der Waals surface area contributed by atoms with Gasteiger partial charge in [-0.05, 0) is 6.42 Å². The van der Waals surface area contributed by atoms with E-state index in [0.717, 1.165) is 6.26 Å². The van der Waals surface area contributed by atoms with Gasteiger partial charge in [0.2, 0.25) is 0 Å². The number of rotatable bonds is 6. The van der Waals surface area contributed by atoms with E-state index in [1.807, 2.05) is 0 Å². The van der Waals surface area contributed by atoms with E-state index in [1.54, 1.807) is 0 Å². The number of halogens is 1. The quantitative estimate of drug-likeness (QED) is 0.275. The largest absolute Gasteiger partial charge is 0.435 e. The highest BCUT2D eigenvalue weighted by Gasteiger charge is 1.94. The highest BCUT2D eigenvalue weighted by molar-refractivity contribution is 7.33. The third kappa shape index (κ3) is 6.14. The van der Waals surface area contributed by atoms with E-state index >= 15 is 0 Å². The van der Waals surface area contributed by atoms with Gasteiger partial charge in [0, 0.05) is 5.88 Å². The first-order valence-electron chi connectivity index (χ1n) is 2.81. The summed E-state index contributed by atoms with van der Waals surface area (Å²) in [5, 5.41) is 0. The Morgan fingerprint density at radius 1 is 1.70 bits per heavy atom. The Balaban J connectivity index is 3.13. The van der Waals surface area contributed by atoms with Crippen LogP contribution in [-0.4, -0.2) is 12.5 Å². The fourth-order valence-electron chi connectivity index (χ4n) is 0.312. The molecule has 0 saturated carbocycles. The zero-order valence-corrected chi connectivity index (χ0v) is 7.26. The van der Waals surface area contributed by atoms with E-state index in [1.165, 1.54) is 0 Å². The SMILES string of the molecule is C=CO[PH](=O)OCCCCl. The van der Waals surface area contributed by atoms with Crippen molar-refractivity contribution in [2.24, 2.45) is 0 Å². The molecule has 1 atom stereocenters. The standard InChI is InChI=1S/C5H10ClO3P/c1-2-8-10(7)9-5-3-4-6/h2,10H,1,3-5H2. The monoisotopic (exact) mass is 184 g/mol. The van der Waals surface area contributed by atoms with Crippen LogP contribution in [0, 0.1) is 0 Å².